The Morgan fingerprint density at radius 2 is 1.96 bits per heavy atom. The van der Waals surface area contributed by atoms with Crippen LogP contribution < -0.4 is 5.32 Å². The molecule has 2 aromatic rings. The Bertz CT molecular complexity index is 686. The molecule has 0 spiro atoms. The summed E-state index contributed by atoms with van der Waals surface area (Å²) < 4.78 is 11.0. The second-order valence-electron chi connectivity index (χ2n) is 5.79. The fraction of sp³-hybridized carbons (Fsp3) is 0.375. The second kappa shape index (κ2) is 5.77. The summed E-state index contributed by atoms with van der Waals surface area (Å²) in [5, 5.41) is 19.4. The molecule has 2 fully saturated rings. The molecule has 4 rings (SSSR count). The third kappa shape index (κ3) is 2.63. The highest BCUT2D eigenvalue weighted by Crippen LogP contribution is 2.27. The molecule has 7 nitrogen and oxygen atoms in total. The predicted molar refractivity (Wildman–Crippen MR) is 80.8 cm³/mol. The lowest BCUT2D eigenvalue weighted by molar-refractivity contribution is 0.0178. The fourth-order valence-corrected chi connectivity index (χ4v) is 3.07. The van der Waals surface area contributed by atoms with Crippen molar-refractivity contribution in [2.24, 2.45) is 0 Å². The number of rotatable bonds is 3. The van der Waals surface area contributed by atoms with Crippen LogP contribution in [0.3, 0.4) is 0 Å². The Labute approximate surface area is 132 Å². The summed E-state index contributed by atoms with van der Waals surface area (Å²) >= 11 is 0. The van der Waals surface area contributed by atoms with Gasteiger partial charge in [-0.3, -0.25) is 9.89 Å². The van der Waals surface area contributed by atoms with E-state index in [1.165, 1.54) is 0 Å². The highest BCUT2D eigenvalue weighted by Gasteiger charge is 2.47. The lowest BCUT2D eigenvalue weighted by Crippen LogP contribution is -2.44. The minimum Gasteiger partial charge on any atom is -0.388 e. The molecule has 1 aromatic carbocycles. The summed E-state index contributed by atoms with van der Waals surface area (Å²) in [4.78, 5) is 12.4. The molecule has 0 aliphatic carbocycles. The maximum atomic E-state index is 12.4. The average Bonchev–Trinajstić information content (AvgIpc) is 3.29. The number of hydrogen-bond acceptors (Lipinski definition) is 5. The van der Waals surface area contributed by atoms with Crippen molar-refractivity contribution in [3.05, 3.63) is 42.1 Å². The minimum atomic E-state index is -0.615. The Morgan fingerprint density at radius 1 is 1.17 bits per heavy atom. The number of nitrogens with one attached hydrogen (secondary N) is 2. The molecule has 4 atom stereocenters. The molecular formula is C16H17N3O4. The van der Waals surface area contributed by atoms with Gasteiger partial charge in [0.1, 0.15) is 18.3 Å². The number of ether oxygens (including phenoxy) is 2. The van der Waals surface area contributed by atoms with Crippen molar-refractivity contribution in [3.63, 3.8) is 0 Å². The highest BCUT2D eigenvalue weighted by molar-refractivity contribution is 5.94. The van der Waals surface area contributed by atoms with Gasteiger partial charge < -0.3 is 19.9 Å². The van der Waals surface area contributed by atoms with Crippen LogP contribution >= 0.6 is 0 Å². The number of amides is 1. The molecule has 0 saturated carbocycles. The summed E-state index contributed by atoms with van der Waals surface area (Å²) in [5.74, 6) is -0.180. The van der Waals surface area contributed by atoms with E-state index in [2.05, 4.69) is 15.5 Å². The summed E-state index contributed by atoms with van der Waals surface area (Å²) in [6.45, 7) is 0.602. The van der Waals surface area contributed by atoms with E-state index in [4.69, 9.17) is 9.47 Å². The quantitative estimate of drug-likeness (QED) is 0.759. The highest BCUT2D eigenvalue weighted by atomic mass is 16.6. The Hall–Kier alpha value is -2.22. The number of aromatic nitrogens is 2. The van der Waals surface area contributed by atoms with Crippen molar-refractivity contribution in [1.29, 1.82) is 0 Å². The zero-order chi connectivity index (χ0) is 15.8. The van der Waals surface area contributed by atoms with E-state index >= 15 is 0 Å². The number of H-pyrrole nitrogens is 1. The van der Waals surface area contributed by atoms with Gasteiger partial charge >= 0.3 is 0 Å². The van der Waals surface area contributed by atoms with Crippen LogP contribution in [0.5, 0.6) is 0 Å². The van der Waals surface area contributed by atoms with Gasteiger partial charge in [0.25, 0.3) is 5.91 Å². The first-order chi connectivity index (χ1) is 11.2. The lowest BCUT2D eigenvalue weighted by Gasteiger charge is -2.17. The van der Waals surface area contributed by atoms with Gasteiger partial charge in [0.2, 0.25) is 0 Å². The van der Waals surface area contributed by atoms with E-state index in [-0.39, 0.29) is 30.8 Å². The number of benzene rings is 1. The Balaban J connectivity index is 1.43. The molecule has 1 amide bonds. The van der Waals surface area contributed by atoms with Crippen molar-refractivity contribution in [3.8, 4) is 11.3 Å². The molecule has 23 heavy (non-hydrogen) atoms. The molecule has 2 aliphatic rings. The predicted octanol–water partition coefficient (Wildman–Crippen LogP) is 0.334. The van der Waals surface area contributed by atoms with Crippen LogP contribution in [0.4, 0.5) is 0 Å². The van der Waals surface area contributed by atoms with Crippen LogP contribution in [0.2, 0.25) is 0 Å². The van der Waals surface area contributed by atoms with Gasteiger partial charge in [-0.15, -0.1) is 0 Å². The first kappa shape index (κ1) is 14.4. The number of hydrogen-bond donors (Lipinski definition) is 3. The van der Waals surface area contributed by atoms with Crippen molar-refractivity contribution in [1.82, 2.24) is 15.5 Å². The normalized spacial score (nSPS) is 29.4. The number of carbonyl (C=O) groups excluding carboxylic acids is 1. The van der Waals surface area contributed by atoms with Crippen LogP contribution in [0.1, 0.15) is 10.4 Å². The summed E-state index contributed by atoms with van der Waals surface area (Å²) in [6, 6.07) is 8.90. The zero-order valence-electron chi connectivity index (χ0n) is 12.3. The van der Waals surface area contributed by atoms with Crippen molar-refractivity contribution in [2.75, 3.05) is 13.2 Å². The standard InChI is InChI=1S/C16H17N3O4/c20-13-8-23-14-12(7-22-15(13)14)18-16(21)10-3-1-9(2-4-10)11-5-6-17-19-11/h1-6,12-15,20H,7-8H2,(H,17,19)(H,18,21)/t12-,13-,14-,15-/m1/s1. The number of nitrogens with zero attached hydrogens (tertiary/aromatic N) is 1. The van der Waals surface area contributed by atoms with Gasteiger partial charge in [-0.25, -0.2) is 0 Å². The van der Waals surface area contributed by atoms with Crippen LogP contribution in [0.15, 0.2) is 36.5 Å². The van der Waals surface area contributed by atoms with Gasteiger partial charge in [-0.05, 0) is 23.8 Å². The second-order valence-corrected chi connectivity index (χ2v) is 5.79. The number of aromatic amines is 1. The molecule has 0 radical (unpaired) electrons. The first-order valence-corrected chi connectivity index (χ1v) is 7.54. The molecule has 120 valence electrons. The molecule has 7 heteroatoms. The monoisotopic (exact) mass is 315 g/mol. The lowest BCUT2D eigenvalue weighted by atomic mass is 10.1. The molecular weight excluding hydrogens is 298 g/mol. The Kier molecular flexibility index (Phi) is 3.60. The molecule has 2 saturated heterocycles. The van der Waals surface area contributed by atoms with Crippen LogP contribution in [-0.4, -0.2) is 58.8 Å². The third-order valence-electron chi connectivity index (χ3n) is 4.30. The molecule has 3 heterocycles. The maximum absolute atomic E-state index is 12.4. The van der Waals surface area contributed by atoms with E-state index in [1.807, 2.05) is 18.2 Å². The van der Waals surface area contributed by atoms with E-state index in [0.29, 0.717) is 12.2 Å². The zero-order valence-corrected chi connectivity index (χ0v) is 12.3. The summed E-state index contributed by atoms with van der Waals surface area (Å²) in [5.41, 5.74) is 2.43. The SMILES string of the molecule is O=C(N[C@@H]1CO[C@H]2[C@@H]1OC[C@H]2O)c1ccc(-c2ccn[nH]2)cc1. The molecule has 1 aromatic heterocycles. The van der Waals surface area contributed by atoms with E-state index in [0.717, 1.165) is 11.3 Å². The minimum absolute atomic E-state index is 0.180. The average molecular weight is 315 g/mol. The van der Waals surface area contributed by atoms with Gasteiger partial charge in [-0.1, -0.05) is 12.1 Å². The van der Waals surface area contributed by atoms with E-state index < -0.39 is 6.10 Å². The van der Waals surface area contributed by atoms with Crippen LogP contribution in [-0.2, 0) is 9.47 Å². The largest absolute Gasteiger partial charge is 0.388 e. The van der Waals surface area contributed by atoms with Gasteiger partial charge in [0, 0.05) is 11.8 Å². The topological polar surface area (TPSA) is 96.5 Å². The molecule has 0 bridgehead atoms. The number of fused-ring (bicyclic) bond motifs is 1. The van der Waals surface area contributed by atoms with Crippen LogP contribution in [0, 0.1) is 0 Å². The van der Waals surface area contributed by atoms with E-state index in [1.54, 1.807) is 18.3 Å². The number of aliphatic hydroxyl groups is 1. The number of aliphatic hydroxyl groups excluding tert-OH is 1. The van der Waals surface area contributed by atoms with Gasteiger partial charge in [-0.2, -0.15) is 5.10 Å². The summed E-state index contributed by atoms with van der Waals surface area (Å²) in [6.07, 6.45) is 0.444. The van der Waals surface area contributed by atoms with Crippen molar-refractivity contribution >= 4 is 5.91 Å². The summed E-state index contributed by atoms with van der Waals surface area (Å²) in [7, 11) is 0. The Morgan fingerprint density at radius 3 is 2.70 bits per heavy atom. The number of carbonyl (C=O) groups is 1. The van der Waals surface area contributed by atoms with Crippen LogP contribution in [0.25, 0.3) is 11.3 Å². The first-order valence-electron chi connectivity index (χ1n) is 7.54. The maximum Gasteiger partial charge on any atom is 0.251 e. The molecule has 2 aliphatic heterocycles. The van der Waals surface area contributed by atoms with Gasteiger partial charge in [0.05, 0.1) is 24.9 Å². The smallest absolute Gasteiger partial charge is 0.251 e. The van der Waals surface area contributed by atoms with Crippen molar-refractivity contribution in [2.45, 2.75) is 24.4 Å². The van der Waals surface area contributed by atoms with E-state index in [9.17, 15) is 9.90 Å². The fourth-order valence-electron chi connectivity index (χ4n) is 3.07. The molecule has 3 N–H and O–H groups in total. The van der Waals surface area contributed by atoms with Crippen molar-refractivity contribution < 1.29 is 19.4 Å². The molecule has 0 unspecified atom stereocenters. The van der Waals surface area contributed by atoms with Gasteiger partial charge in [0.15, 0.2) is 0 Å². The third-order valence-corrected chi connectivity index (χ3v) is 4.30.